The number of amides is 1. The van der Waals surface area contributed by atoms with E-state index in [2.05, 4.69) is 5.32 Å². The van der Waals surface area contributed by atoms with Crippen LogP contribution < -0.4 is 11.1 Å². The number of aromatic nitrogens is 1. The number of oxazole rings is 1. The summed E-state index contributed by atoms with van der Waals surface area (Å²) in [6, 6.07) is 14.9. The van der Waals surface area contributed by atoms with Gasteiger partial charge < -0.3 is 14.6 Å². The topological polar surface area (TPSA) is 67.5 Å². The van der Waals surface area contributed by atoms with Gasteiger partial charge in [-0.1, -0.05) is 41.9 Å². The van der Waals surface area contributed by atoms with Gasteiger partial charge >= 0.3 is 5.76 Å². The van der Waals surface area contributed by atoms with Crippen molar-refractivity contribution < 1.29 is 9.21 Å². The Morgan fingerprint density at radius 3 is 2.64 bits per heavy atom. The number of nitrogens with one attached hydrogen (secondary N) is 1. The van der Waals surface area contributed by atoms with Gasteiger partial charge in [-0.25, -0.2) is 4.79 Å². The number of carbonyl (C=O) groups excluding carboxylic acids is 1. The van der Waals surface area contributed by atoms with Crippen molar-refractivity contribution >= 4 is 28.6 Å². The van der Waals surface area contributed by atoms with Gasteiger partial charge in [0.2, 0.25) is 5.91 Å². The molecule has 0 aliphatic heterocycles. The van der Waals surface area contributed by atoms with Crippen molar-refractivity contribution in [1.29, 1.82) is 0 Å². The van der Waals surface area contributed by atoms with Crippen LogP contribution in [-0.4, -0.2) is 36.0 Å². The maximum atomic E-state index is 12.3. The van der Waals surface area contributed by atoms with Gasteiger partial charge in [0, 0.05) is 24.5 Å². The molecular formula is C21H24ClN3O3. The van der Waals surface area contributed by atoms with Crippen LogP contribution in [0.1, 0.15) is 24.4 Å². The molecule has 1 N–H and O–H groups in total. The summed E-state index contributed by atoms with van der Waals surface area (Å²) in [5.41, 5.74) is 2.29. The van der Waals surface area contributed by atoms with E-state index >= 15 is 0 Å². The van der Waals surface area contributed by atoms with Crippen LogP contribution in [0.15, 0.2) is 57.7 Å². The summed E-state index contributed by atoms with van der Waals surface area (Å²) < 4.78 is 6.78. The highest BCUT2D eigenvalue weighted by molar-refractivity contribution is 6.31. The molecule has 0 aliphatic carbocycles. The first-order valence-corrected chi connectivity index (χ1v) is 9.61. The smallest absolute Gasteiger partial charge is 0.408 e. The monoisotopic (exact) mass is 401 g/mol. The van der Waals surface area contributed by atoms with Gasteiger partial charge in [0.15, 0.2) is 5.58 Å². The minimum Gasteiger partial charge on any atom is -0.408 e. The van der Waals surface area contributed by atoms with Crippen molar-refractivity contribution in [2.24, 2.45) is 0 Å². The first kappa shape index (κ1) is 20.2. The fourth-order valence-corrected chi connectivity index (χ4v) is 3.50. The minimum absolute atomic E-state index is 0.0157. The number of benzene rings is 2. The van der Waals surface area contributed by atoms with Crippen molar-refractivity contribution in [2.45, 2.75) is 25.4 Å². The molecule has 6 nitrogen and oxygen atoms in total. The van der Waals surface area contributed by atoms with Crippen LogP contribution in [0, 0.1) is 0 Å². The minimum atomic E-state index is -0.395. The first-order chi connectivity index (χ1) is 13.5. The Balaban J connectivity index is 1.54. The lowest BCUT2D eigenvalue weighted by molar-refractivity contribution is -0.121. The number of halogens is 1. The van der Waals surface area contributed by atoms with Gasteiger partial charge in [0.25, 0.3) is 0 Å². The summed E-state index contributed by atoms with van der Waals surface area (Å²) in [4.78, 5) is 26.3. The zero-order chi connectivity index (χ0) is 20.1. The van der Waals surface area contributed by atoms with Crippen LogP contribution in [0.5, 0.6) is 0 Å². The molecule has 1 heterocycles. The lowest BCUT2D eigenvalue weighted by atomic mass is 10.1. The van der Waals surface area contributed by atoms with Crippen LogP contribution >= 0.6 is 11.6 Å². The van der Waals surface area contributed by atoms with Crippen LogP contribution in [0.3, 0.4) is 0 Å². The van der Waals surface area contributed by atoms with Gasteiger partial charge in [-0.15, -0.1) is 0 Å². The molecule has 0 bridgehead atoms. The van der Waals surface area contributed by atoms with E-state index in [1.165, 1.54) is 0 Å². The maximum Gasteiger partial charge on any atom is 0.419 e. The number of nitrogens with zero attached hydrogens (tertiary/aromatic N) is 2. The van der Waals surface area contributed by atoms with E-state index in [9.17, 15) is 9.59 Å². The highest BCUT2D eigenvalue weighted by Gasteiger charge is 2.18. The van der Waals surface area contributed by atoms with Gasteiger partial charge in [0.1, 0.15) is 0 Å². The van der Waals surface area contributed by atoms with E-state index in [0.29, 0.717) is 36.5 Å². The zero-order valence-corrected chi connectivity index (χ0v) is 16.8. The van der Waals surface area contributed by atoms with Crippen molar-refractivity contribution in [1.82, 2.24) is 14.8 Å². The Labute approximate surface area is 168 Å². The van der Waals surface area contributed by atoms with Gasteiger partial charge in [-0.05, 0) is 44.3 Å². The molecule has 0 unspecified atom stereocenters. The largest absolute Gasteiger partial charge is 0.419 e. The Hall–Kier alpha value is -2.57. The van der Waals surface area contributed by atoms with Crippen molar-refractivity contribution in [2.75, 3.05) is 20.6 Å². The average molecular weight is 402 g/mol. The molecule has 28 heavy (non-hydrogen) atoms. The number of carbonyl (C=O) groups is 1. The second-order valence-corrected chi connectivity index (χ2v) is 7.30. The molecule has 0 saturated heterocycles. The van der Waals surface area contributed by atoms with Crippen LogP contribution in [-0.2, 0) is 11.3 Å². The molecular weight excluding hydrogens is 378 g/mol. The average Bonchev–Trinajstić information content (AvgIpc) is 2.98. The first-order valence-electron chi connectivity index (χ1n) is 9.23. The third kappa shape index (κ3) is 4.64. The summed E-state index contributed by atoms with van der Waals surface area (Å²) in [5, 5.41) is 3.65. The molecule has 3 aromatic rings. The van der Waals surface area contributed by atoms with E-state index in [4.69, 9.17) is 16.0 Å². The number of aryl methyl sites for hydroxylation is 1. The van der Waals surface area contributed by atoms with Crippen LogP contribution in [0.25, 0.3) is 11.1 Å². The zero-order valence-electron chi connectivity index (χ0n) is 16.0. The normalized spacial score (nSPS) is 12.4. The molecule has 0 aliphatic rings. The van der Waals surface area contributed by atoms with E-state index < -0.39 is 5.76 Å². The number of hydrogen-bond acceptors (Lipinski definition) is 4. The fraction of sp³-hybridized carbons (Fsp3) is 0.333. The molecule has 0 spiro atoms. The van der Waals surface area contributed by atoms with E-state index in [-0.39, 0.29) is 11.9 Å². The summed E-state index contributed by atoms with van der Waals surface area (Å²) >= 11 is 6.30. The summed E-state index contributed by atoms with van der Waals surface area (Å²) in [7, 11) is 3.91. The molecule has 2 aromatic carbocycles. The Morgan fingerprint density at radius 2 is 1.89 bits per heavy atom. The molecule has 3 rings (SSSR count). The van der Waals surface area contributed by atoms with E-state index in [1.54, 1.807) is 10.6 Å². The predicted octanol–water partition coefficient (Wildman–Crippen LogP) is 3.45. The van der Waals surface area contributed by atoms with E-state index in [0.717, 1.165) is 11.1 Å². The van der Waals surface area contributed by atoms with Crippen LogP contribution in [0.2, 0.25) is 5.02 Å². The maximum absolute atomic E-state index is 12.3. The molecule has 7 heteroatoms. The lowest BCUT2D eigenvalue weighted by Gasteiger charge is -2.26. The highest BCUT2D eigenvalue weighted by Crippen LogP contribution is 2.25. The van der Waals surface area contributed by atoms with Crippen LogP contribution in [0.4, 0.5) is 0 Å². The van der Waals surface area contributed by atoms with Crippen molar-refractivity contribution in [3.8, 4) is 0 Å². The van der Waals surface area contributed by atoms with E-state index in [1.807, 2.05) is 61.5 Å². The Kier molecular flexibility index (Phi) is 6.54. The summed E-state index contributed by atoms with van der Waals surface area (Å²) in [5.74, 6) is -0.451. The second-order valence-electron chi connectivity index (χ2n) is 6.90. The van der Waals surface area contributed by atoms with Gasteiger partial charge in [0.05, 0.1) is 11.6 Å². The molecule has 1 amide bonds. The standard InChI is InChI=1S/C21H24ClN3O3/c1-24(2)18(15-8-3-4-9-16(15)22)14-23-20(26)12-7-13-25-17-10-5-6-11-19(17)28-21(25)27/h3-6,8-11,18H,7,12-14H2,1-2H3,(H,23,26)/t18-/m1/s1. The van der Waals surface area contributed by atoms with Crippen molar-refractivity contribution in [3.05, 3.63) is 69.7 Å². The quantitative estimate of drug-likeness (QED) is 0.627. The number of para-hydroxylation sites is 2. The highest BCUT2D eigenvalue weighted by atomic mass is 35.5. The SMILES string of the molecule is CN(C)[C@H](CNC(=O)CCCn1c(=O)oc2ccccc21)c1ccccc1Cl. The number of likely N-dealkylation sites (N-methyl/N-ethyl adjacent to an activating group) is 1. The number of fused-ring (bicyclic) bond motifs is 1. The molecule has 1 atom stereocenters. The molecule has 148 valence electrons. The lowest BCUT2D eigenvalue weighted by Crippen LogP contribution is -2.34. The van der Waals surface area contributed by atoms with Crippen molar-refractivity contribution in [3.63, 3.8) is 0 Å². The Morgan fingerprint density at radius 1 is 1.18 bits per heavy atom. The number of rotatable bonds is 8. The number of hydrogen-bond donors (Lipinski definition) is 1. The summed E-state index contributed by atoms with van der Waals surface area (Å²) in [6.07, 6.45) is 0.878. The molecule has 1 aromatic heterocycles. The third-order valence-electron chi connectivity index (χ3n) is 4.74. The van der Waals surface area contributed by atoms with Gasteiger partial charge in [-0.3, -0.25) is 9.36 Å². The molecule has 0 fully saturated rings. The molecule has 0 saturated carbocycles. The third-order valence-corrected chi connectivity index (χ3v) is 5.08. The Bertz CT molecular complexity index is 1010. The molecule has 0 radical (unpaired) electrons. The predicted molar refractivity (Wildman–Crippen MR) is 111 cm³/mol. The fourth-order valence-electron chi connectivity index (χ4n) is 3.24. The van der Waals surface area contributed by atoms with Gasteiger partial charge in [-0.2, -0.15) is 0 Å². The second kappa shape index (κ2) is 9.08. The summed E-state index contributed by atoms with van der Waals surface area (Å²) in [6.45, 7) is 0.898.